The van der Waals surface area contributed by atoms with Gasteiger partial charge in [0.15, 0.2) is 0 Å². The van der Waals surface area contributed by atoms with E-state index >= 15 is 0 Å². The summed E-state index contributed by atoms with van der Waals surface area (Å²) in [7, 11) is 0. The van der Waals surface area contributed by atoms with Crippen LogP contribution < -0.4 is 4.74 Å². The molecule has 34 heavy (non-hydrogen) atoms. The molecule has 1 saturated carbocycles. The monoisotopic (exact) mass is 494 g/mol. The number of carbonyl (C=O) groups excluding carboxylic acids is 1. The maximum Gasteiger partial charge on any atom is 0.249 e. The fourth-order valence-electron chi connectivity index (χ4n) is 3.55. The summed E-state index contributed by atoms with van der Waals surface area (Å²) in [6, 6.07) is 15.4. The fraction of sp³-hybridized carbons (Fsp3) is 0.280. The maximum atomic E-state index is 13.1. The number of benzene rings is 2. The van der Waals surface area contributed by atoms with Gasteiger partial charge in [0, 0.05) is 11.4 Å². The van der Waals surface area contributed by atoms with Crippen LogP contribution in [0, 0.1) is 6.92 Å². The molecule has 2 aromatic carbocycles. The van der Waals surface area contributed by atoms with E-state index in [-0.39, 0.29) is 24.9 Å². The molecule has 1 aliphatic rings. The molecule has 2 aromatic heterocycles. The third kappa shape index (κ3) is 5.46. The zero-order chi connectivity index (χ0) is 23.5. The van der Waals surface area contributed by atoms with Crippen molar-refractivity contribution >= 4 is 28.8 Å². The molecule has 0 unspecified atom stereocenters. The summed E-state index contributed by atoms with van der Waals surface area (Å²) in [6.07, 6.45) is 2.18. The van der Waals surface area contributed by atoms with Gasteiger partial charge in [-0.2, -0.15) is 0 Å². The predicted molar refractivity (Wildman–Crippen MR) is 130 cm³/mol. The molecule has 0 saturated heterocycles. The average Bonchev–Trinajstić information content (AvgIpc) is 3.40. The number of rotatable bonds is 9. The van der Waals surface area contributed by atoms with E-state index in [1.807, 2.05) is 59.7 Å². The molecule has 174 valence electrons. The molecular weight excluding hydrogens is 472 g/mol. The topological polar surface area (TPSA) is 81.4 Å². The molecule has 2 heterocycles. The fourth-order valence-corrected chi connectivity index (χ4v) is 4.47. The lowest BCUT2D eigenvalue weighted by atomic mass is 10.2. The molecule has 0 bridgehead atoms. The van der Waals surface area contributed by atoms with Gasteiger partial charge in [-0.3, -0.25) is 4.79 Å². The Balaban J connectivity index is 1.20. The molecule has 0 radical (unpaired) electrons. The highest BCUT2D eigenvalue weighted by atomic mass is 35.5. The normalized spacial score (nSPS) is 13.1. The van der Waals surface area contributed by atoms with Gasteiger partial charge in [0.05, 0.1) is 29.2 Å². The quantitative estimate of drug-likeness (QED) is 0.307. The van der Waals surface area contributed by atoms with Crippen molar-refractivity contribution in [2.75, 3.05) is 0 Å². The summed E-state index contributed by atoms with van der Waals surface area (Å²) in [5.74, 6) is 1.53. The molecule has 4 aromatic rings. The number of ether oxygens (including phenoxy) is 1. The van der Waals surface area contributed by atoms with E-state index in [1.54, 1.807) is 6.07 Å². The number of amides is 1. The Hall–Kier alpha value is -3.23. The number of carbonyl (C=O) groups is 1. The second kappa shape index (κ2) is 9.95. The summed E-state index contributed by atoms with van der Waals surface area (Å²) >= 11 is 7.73. The van der Waals surface area contributed by atoms with Gasteiger partial charge >= 0.3 is 0 Å². The van der Waals surface area contributed by atoms with Crippen molar-refractivity contribution in [2.45, 2.75) is 45.4 Å². The Kier molecular flexibility index (Phi) is 6.60. The molecule has 0 aliphatic heterocycles. The first-order valence-corrected chi connectivity index (χ1v) is 12.3. The highest BCUT2D eigenvalue weighted by molar-refractivity contribution is 7.09. The Morgan fingerprint density at radius 3 is 2.74 bits per heavy atom. The Labute approximate surface area is 206 Å². The first kappa shape index (κ1) is 22.6. The van der Waals surface area contributed by atoms with E-state index in [4.69, 9.17) is 20.8 Å². The SMILES string of the molecule is Cc1ccc(OCc2nc(CC(=O)N(Cc3nnc(-c4ccccc4Cl)o3)C3CC3)cs2)cc1. The van der Waals surface area contributed by atoms with Crippen molar-refractivity contribution in [2.24, 2.45) is 0 Å². The van der Waals surface area contributed by atoms with Crippen molar-refractivity contribution < 1.29 is 13.9 Å². The standard InChI is InChI=1S/C25H23ClN4O3S/c1-16-6-10-19(11-7-16)32-14-23-27-17(15-34-23)12-24(31)30(18-8-9-18)13-22-28-29-25(33-22)20-4-2-3-5-21(20)26/h2-7,10-11,15,18H,8-9,12-14H2,1H3. The zero-order valence-corrected chi connectivity index (χ0v) is 20.2. The maximum absolute atomic E-state index is 13.1. The van der Waals surface area contributed by atoms with E-state index in [0.29, 0.717) is 29.0 Å². The lowest BCUT2D eigenvalue weighted by molar-refractivity contribution is -0.132. The van der Waals surface area contributed by atoms with E-state index in [1.165, 1.54) is 16.9 Å². The minimum atomic E-state index is -0.00343. The Morgan fingerprint density at radius 1 is 1.18 bits per heavy atom. The number of halogens is 1. The lowest BCUT2D eigenvalue weighted by Crippen LogP contribution is -2.34. The van der Waals surface area contributed by atoms with E-state index in [0.717, 1.165) is 29.3 Å². The van der Waals surface area contributed by atoms with Gasteiger partial charge in [-0.1, -0.05) is 41.4 Å². The number of thiazole rings is 1. The molecule has 1 amide bonds. The Bertz CT molecular complexity index is 1280. The minimum absolute atomic E-state index is 0.00343. The van der Waals surface area contributed by atoms with Crippen molar-refractivity contribution in [3.05, 3.63) is 81.1 Å². The van der Waals surface area contributed by atoms with Crippen LogP contribution >= 0.6 is 22.9 Å². The van der Waals surface area contributed by atoms with Crippen LogP contribution in [0.5, 0.6) is 5.75 Å². The van der Waals surface area contributed by atoms with Crippen LogP contribution in [0.25, 0.3) is 11.5 Å². The van der Waals surface area contributed by atoms with Gasteiger partial charge in [0.2, 0.25) is 17.7 Å². The summed E-state index contributed by atoms with van der Waals surface area (Å²) in [5.41, 5.74) is 2.60. The molecule has 5 rings (SSSR count). The van der Waals surface area contributed by atoms with Crippen molar-refractivity contribution in [3.8, 4) is 17.2 Å². The van der Waals surface area contributed by atoms with Crippen molar-refractivity contribution in [3.63, 3.8) is 0 Å². The zero-order valence-electron chi connectivity index (χ0n) is 18.6. The van der Waals surface area contributed by atoms with E-state index < -0.39 is 0 Å². The highest BCUT2D eigenvalue weighted by Gasteiger charge is 2.34. The third-order valence-corrected chi connectivity index (χ3v) is 6.70. The van der Waals surface area contributed by atoms with E-state index in [2.05, 4.69) is 15.2 Å². The van der Waals surface area contributed by atoms with E-state index in [9.17, 15) is 4.79 Å². The minimum Gasteiger partial charge on any atom is -0.486 e. The molecule has 0 atom stereocenters. The summed E-state index contributed by atoms with van der Waals surface area (Å²) < 4.78 is 11.6. The number of hydrogen-bond acceptors (Lipinski definition) is 7. The Morgan fingerprint density at radius 2 is 1.97 bits per heavy atom. The van der Waals surface area contributed by atoms with Gasteiger partial charge in [0.25, 0.3) is 0 Å². The van der Waals surface area contributed by atoms with Gasteiger partial charge in [-0.15, -0.1) is 21.5 Å². The largest absolute Gasteiger partial charge is 0.486 e. The van der Waals surface area contributed by atoms with Crippen LogP contribution in [-0.4, -0.2) is 32.0 Å². The second-order valence-electron chi connectivity index (χ2n) is 8.24. The molecule has 0 N–H and O–H groups in total. The van der Waals surface area contributed by atoms with Gasteiger partial charge in [-0.25, -0.2) is 4.98 Å². The molecule has 9 heteroatoms. The molecule has 1 fully saturated rings. The smallest absolute Gasteiger partial charge is 0.249 e. The van der Waals surface area contributed by atoms with Gasteiger partial charge in [-0.05, 0) is 44.0 Å². The number of aromatic nitrogens is 3. The number of aryl methyl sites for hydroxylation is 1. The van der Waals surface area contributed by atoms with Gasteiger partial charge in [0.1, 0.15) is 17.4 Å². The predicted octanol–water partition coefficient (Wildman–Crippen LogP) is 5.47. The lowest BCUT2D eigenvalue weighted by Gasteiger charge is -2.20. The van der Waals surface area contributed by atoms with Gasteiger partial charge < -0.3 is 14.1 Å². The summed E-state index contributed by atoms with van der Waals surface area (Å²) in [6.45, 7) is 2.69. The second-order valence-corrected chi connectivity index (χ2v) is 9.59. The van der Waals surface area contributed by atoms with Crippen LogP contribution in [0.1, 0.15) is 35.0 Å². The molecular formula is C25H23ClN4O3S. The van der Waals surface area contributed by atoms with Crippen LogP contribution in [0.15, 0.2) is 58.3 Å². The molecule has 0 spiro atoms. The summed E-state index contributed by atoms with van der Waals surface area (Å²) in [5, 5.41) is 11.5. The molecule has 7 nitrogen and oxygen atoms in total. The van der Waals surface area contributed by atoms with Crippen LogP contribution in [-0.2, 0) is 24.4 Å². The number of nitrogens with zero attached hydrogens (tertiary/aromatic N) is 4. The van der Waals surface area contributed by atoms with Crippen LogP contribution in [0.3, 0.4) is 0 Å². The highest BCUT2D eigenvalue weighted by Crippen LogP contribution is 2.31. The third-order valence-electron chi connectivity index (χ3n) is 5.50. The molecule has 1 aliphatic carbocycles. The van der Waals surface area contributed by atoms with Crippen LogP contribution in [0.4, 0.5) is 0 Å². The number of hydrogen-bond donors (Lipinski definition) is 0. The van der Waals surface area contributed by atoms with Crippen molar-refractivity contribution in [1.82, 2.24) is 20.1 Å². The average molecular weight is 495 g/mol. The first-order valence-electron chi connectivity index (χ1n) is 11.0. The summed E-state index contributed by atoms with van der Waals surface area (Å²) in [4.78, 5) is 19.5. The van der Waals surface area contributed by atoms with Crippen LogP contribution in [0.2, 0.25) is 5.02 Å². The first-order chi connectivity index (χ1) is 16.5. The van der Waals surface area contributed by atoms with Crippen molar-refractivity contribution in [1.29, 1.82) is 0 Å².